The summed E-state index contributed by atoms with van der Waals surface area (Å²) in [6.07, 6.45) is 4.66. The minimum Gasteiger partial charge on any atom is -0.325 e. The minimum absolute atomic E-state index is 0.0756. The topological polar surface area (TPSA) is 110 Å². The zero-order valence-corrected chi connectivity index (χ0v) is 18.6. The summed E-state index contributed by atoms with van der Waals surface area (Å²) in [6.45, 7) is 1.54. The molecular weight excluding hydrogens is 418 g/mol. The number of amides is 1. The van der Waals surface area contributed by atoms with Gasteiger partial charge in [-0.05, 0) is 58.8 Å². The number of hydrogen-bond acceptors (Lipinski definition) is 7. The number of non-ortho nitro benzene ring substituents is 1. The molecular formula is C21H27N5O4S. The van der Waals surface area contributed by atoms with Crippen molar-refractivity contribution in [1.29, 1.82) is 0 Å². The third kappa shape index (κ3) is 6.14. The normalized spacial score (nSPS) is 13.1. The fourth-order valence-corrected chi connectivity index (χ4v) is 4.55. The summed E-state index contributed by atoms with van der Waals surface area (Å²) in [5.74, 6) is -0.223. The lowest BCUT2D eigenvalue weighted by atomic mass is 9.97. The van der Waals surface area contributed by atoms with Gasteiger partial charge in [0.2, 0.25) is 5.91 Å². The maximum Gasteiger partial charge on any atom is 0.348 e. The van der Waals surface area contributed by atoms with Gasteiger partial charge < -0.3 is 10.2 Å². The predicted octanol–water partition coefficient (Wildman–Crippen LogP) is 2.71. The zero-order valence-electron chi connectivity index (χ0n) is 17.8. The number of nitro benzene ring substituents is 1. The first-order chi connectivity index (χ1) is 14.8. The van der Waals surface area contributed by atoms with Crippen LogP contribution in [-0.4, -0.2) is 51.7 Å². The van der Waals surface area contributed by atoms with Gasteiger partial charge in [-0.3, -0.25) is 19.5 Å². The van der Waals surface area contributed by atoms with Crippen LogP contribution in [0.1, 0.15) is 30.5 Å². The Bertz CT molecular complexity index is 1020. The molecule has 166 valence electrons. The molecule has 0 unspecified atom stereocenters. The molecule has 1 aromatic carbocycles. The van der Waals surface area contributed by atoms with Crippen molar-refractivity contribution in [2.45, 2.75) is 43.7 Å². The van der Waals surface area contributed by atoms with E-state index in [1.807, 2.05) is 14.1 Å². The molecule has 1 N–H and O–H groups in total. The highest BCUT2D eigenvalue weighted by Gasteiger charge is 2.21. The lowest BCUT2D eigenvalue weighted by molar-refractivity contribution is -0.384. The van der Waals surface area contributed by atoms with Crippen molar-refractivity contribution < 1.29 is 9.72 Å². The monoisotopic (exact) mass is 445 g/mol. The first kappa shape index (κ1) is 23.0. The van der Waals surface area contributed by atoms with Gasteiger partial charge in [0.1, 0.15) is 5.03 Å². The molecule has 1 aromatic heterocycles. The smallest absolute Gasteiger partial charge is 0.325 e. The zero-order chi connectivity index (χ0) is 22.4. The summed E-state index contributed by atoms with van der Waals surface area (Å²) in [7, 11) is 4.02. The Morgan fingerprint density at radius 3 is 2.84 bits per heavy atom. The van der Waals surface area contributed by atoms with Crippen molar-refractivity contribution in [1.82, 2.24) is 14.5 Å². The molecule has 0 aliphatic heterocycles. The highest BCUT2D eigenvalue weighted by molar-refractivity contribution is 8.00. The number of anilines is 1. The summed E-state index contributed by atoms with van der Waals surface area (Å²) in [4.78, 5) is 41.8. The van der Waals surface area contributed by atoms with Crippen molar-refractivity contribution in [3.63, 3.8) is 0 Å². The van der Waals surface area contributed by atoms with E-state index in [4.69, 9.17) is 0 Å². The Labute approximate surface area is 185 Å². The van der Waals surface area contributed by atoms with Crippen molar-refractivity contribution >= 4 is 29.0 Å². The molecule has 0 atom stereocenters. The third-order valence-electron chi connectivity index (χ3n) is 5.12. The van der Waals surface area contributed by atoms with E-state index >= 15 is 0 Å². The predicted molar refractivity (Wildman–Crippen MR) is 121 cm³/mol. The molecule has 1 heterocycles. The third-order valence-corrected chi connectivity index (χ3v) is 6.14. The molecule has 10 heteroatoms. The molecule has 1 amide bonds. The maximum atomic E-state index is 12.7. The molecule has 0 radical (unpaired) electrons. The molecule has 9 nitrogen and oxygen atoms in total. The molecule has 1 aliphatic rings. The number of nitro groups is 1. The Hall–Kier alpha value is -2.72. The average Bonchev–Trinajstić information content (AvgIpc) is 2.74. The summed E-state index contributed by atoms with van der Waals surface area (Å²) in [6, 6.07) is 5.81. The largest absolute Gasteiger partial charge is 0.348 e. The number of thioether (sulfide) groups is 1. The van der Waals surface area contributed by atoms with Crippen molar-refractivity contribution in [3.05, 3.63) is 56.1 Å². The molecule has 0 fully saturated rings. The van der Waals surface area contributed by atoms with Crippen LogP contribution in [0.3, 0.4) is 0 Å². The average molecular weight is 446 g/mol. The van der Waals surface area contributed by atoms with E-state index in [-0.39, 0.29) is 23.0 Å². The van der Waals surface area contributed by atoms with Crippen LogP contribution in [0.4, 0.5) is 11.4 Å². The number of carbonyl (C=O) groups is 1. The first-order valence-corrected chi connectivity index (χ1v) is 11.3. The van der Waals surface area contributed by atoms with Gasteiger partial charge >= 0.3 is 5.69 Å². The first-order valence-electron chi connectivity index (χ1n) is 10.3. The highest BCUT2D eigenvalue weighted by Crippen LogP contribution is 2.28. The lowest BCUT2D eigenvalue weighted by Gasteiger charge is -2.23. The maximum absolute atomic E-state index is 12.7. The van der Waals surface area contributed by atoms with Crippen LogP contribution in [0, 0.1) is 10.1 Å². The standard InChI is InChI=1S/C21H27N5O4S/c1-24(2)11-6-12-25-18-10-4-3-9-17(18)20(23-21(25)28)31-14-19(27)22-15-7-5-8-16(13-15)26(29)30/h5,7-8,13H,3-4,6,9-12,14H2,1-2H3,(H,22,27). The molecule has 3 rings (SSSR count). The molecule has 2 aromatic rings. The second kappa shape index (κ2) is 10.5. The quantitative estimate of drug-likeness (QED) is 0.273. The molecule has 0 bridgehead atoms. The van der Waals surface area contributed by atoms with E-state index in [0.717, 1.165) is 49.9 Å². The molecule has 0 saturated carbocycles. The Balaban J connectivity index is 1.70. The van der Waals surface area contributed by atoms with E-state index < -0.39 is 4.92 Å². The van der Waals surface area contributed by atoms with Crippen LogP contribution < -0.4 is 11.0 Å². The molecule has 0 spiro atoms. The number of fused-ring (bicyclic) bond motifs is 1. The molecule has 31 heavy (non-hydrogen) atoms. The summed E-state index contributed by atoms with van der Waals surface area (Å²) >= 11 is 1.25. The van der Waals surface area contributed by atoms with Gasteiger partial charge in [-0.15, -0.1) is 0 Å². The fourth-order valence-electron chi connectivity index (χ4n) is 3.67. The Morgan fingerprint density at radius 1 is 1.32 bits per heavy atom. The van der Waals surface area contributed by atoms with Gasteiger partial charge in [-0.1, -0.05) is 17.8 Å². The summed E-state index contributed by atoms with van der Waals surface area (Å²) in [5, 5.41) is 14.2. The van der Waals surface area contributed by atoms with E-state index in [1.54, 1.807) is 10.6 Å². The lowest BCUT2D eigenvalue weighted by Crippen LogP contribution is -2.31. The van der Waals surface area contributed by atoms with E-state index in [2.05, 4.69) is 15.2 Å². The van der Waals surface area contributed by atoms with Crippen LogP contribution in [0.2, 0.25) is 0 Å². The van der Waals surface area contributed by atoms with Crippen molar-refractivity contribution in [2.24, 2.45) is 0 Å². The number of hydrogen-bond donors (Lipinski definition) is 1. The van der Waals surface area contributed by atoms with Gasteiger partial charge in [-0.2, -0.15) is 4.98 Å². The number of rotatable bonds is 9. The van der Waals surface area contributed by atoms with Crippen LogP contribution in [0.5, 0.6) is 0 Å². The second-order valence-electron chi connectivity index (χ2n) is 7.78. The number of nitrogens with zero attached hydrogens (tertiary/aromatic N) is 4. The number of carbonyl (C=O) groups excluding carboxylic acids is 1. The van der Waals surface area contributed by atoms with Gasteiger partial charge in [0.05, 0.1) is 10.7 Å². The van der Waals surface area contributed by atoms with Crippen LogP contribution in [-0.2, 0) is 24.2 Å². The fraction of sp³-hybridized carbons (Fsp3) is 0.476. The number of benzene rings is 1. The van der Waals surface area contributed by atoms with Crippen LogP contribution >= 0.6 is 11.8 Å². The van der Waals surface area contributed by atoms with E-state index in [9.17, 15) is 19.7 Å². The van der Waals surface area contributed by atoms with Crippen LogP contribution in [0.15, 0.2) is 34.1 Å². The summed E-state index contributed by atoms with van der Waals surface area (Å²) < 4.78 is 1.80. The summed E-state index contributed by atoms with van der Waals surface area (Å²) in [5.41, 5.74) is 2.14. The van der Waals surface area contributed by atoms with Gasteiger partial charge in [0.15, 0.2) is 0 Å². The van der Waals surface area contributed by atoms with Crippen LogP contribution in [0.25, 0.3) is 0 Å². The van der Waals surface area contributed by atoms with E-state index in [0.29, 0.717) is 17.3 Å². The van der Waals surface area contributed by atoms with Gasteiger partial charge in [0, 0.05) is 35.6 Å². The number of nitrogens with one attached hydrogen (secondary N) is 1. The Kier molecular flexibility index (Phi) is 7.80. The second-order valence-corrected chi connectivity index (χ2v) is 8.75. The van der Waals surface area contributed by atoms with Crippen molar-refractivity contribution in [3.8, 4) is 0 Å². The van der Waals surface area contributed by atoms with E-state index in [1.165, 1.54) is 30.0 Å². The number of aromatic nitrogens is 2. The highest BCUT2D eigenvalue weighted by atomic mass is 32.2. The molecule has 0 saturated heterocycles. The van der Waals surface area contributed by atoms with Gasteiger partial charge in [-0.25, -0.2) is 4.79 Å². The molecule has 1 aliphatic carbocycles. The SMILES string of the molecule is CN(C)CCCn1c2c(c(SCC(=O)Nc3cccc([N+](=O)[O-])c3)nc1=O)CCCC2. The minimum atomic E-state index is -0.506. The Morgan fingerprint density at radius 2 is 2.10 bits per heavy atom. The van der Waals surface area contributed by atoms with Gasteiger partial charge in [0.25, 0.3) is 5.69 Å². The van der Waals surface area contributed by atoms with Crippen molar-refractivity contribution in [2.75, 3.05) is 31.7 Å².